The molecule has 0 aromatic carbocycles. The maximum Gasteiger partial charge on any atom is 0.233 e. The first kappa shape index (κ1) is 14.2. The van der Waals surface area contributed by atoms with E-state index in [4.69, 9.17) is 0 Å². The highest BCUT2D eigenvalue weighted by molar-refractivity contribution is 9.09. The number of carbonyl (C=O) groups is 3. The maximum atomic E-state index is 12.6. The van der Waals surface area contributed by atoms with Gasteiger partial charge in [-0.3, -0.25) is 19.3 Å². The lowest BCUT2D eigenvalue weighted by Gasteiger charge is -2.52. The summed E-state index contributed by atoms with van der Waals surface area (Å²) >= 11 is 3.34. The predicted octanol–water partition coefficient (Wildman–Crippen LogP) is 2.01. The number of ketones is 1. The number of fused-ring (bicyclic) bond motifs is 2. The Bertz CT molecular complexity index is 492. The smallest absolute Gasteiger partial charge is 0.233 e. The molecule has 3 aliphatic carbocycles. The van der Waals surface area contributed by atoms with Crippen molar-refractivity contribution in [1.82, 2.24) is 4.90 Å². The van der Waals surface area contributed by atoms with E-state index in [0.717, 1.165) is 18.2 Å². The van der Waals surface area contributed by atoms with Crippen LogP contribution in [0.15, 0.2) is 0 Å². The number of Topliss-reactive ketones (excluding diaryl/α,β-unsaturated/α-hetero) is 1. The summed E-state index contributed by atoms with van der Waals surface area (Å²) in [6.45, 7) is 4.55. The number of halogens is 1. The molecule has 1 aliphatic heterocycles. The molecular weight excluding hydrogens is 322 g/mol. The third kappa shape index (κ3) is 1.74. The Balaban J connectivity index is 1.98. The van der Waals surface area contributed by atoms with Crippen LogP contribution in [0, 0.1) is 29.1 Å². The van der Waals surface area contributed by atoms with Crippen LogP contribution in [0.5, 0.6) is 0 Å². The monoisotopic (exact) mass is 341 g/mol. The molecule has 0 aromatic heterocycles. The highest BCUT2D eigenvalue weighted by Crippen LogP contribution is 2.60. The van der Waals surface area contributed by atoms with Gasteiger partial charge in [0.15, 0.2) is 0 Å². The minimum Gasteiger partial charge on any atom is -0.299 e. The van der Waals surface area contributed by atoms with E-state index in [-0.39, 0.29) is 46.7 Å². The summed E-state index contributed by atoms with van der Waals surface area (Å²) in [6.07, 6.45) is 2.12. The number of rotatable bonds is 3. The number of imide groups is 1. The van der Waals surface area contributed by atoms with Gasteiger partial charge in [0.05, 0.1) is 11.8 Å². The summed E-state index contributed by atoms with van der Waals surface area (Å²) < 4.78 is 0. The molecule has 3 saturated carbocycles. The van der Waals surface area contributed by atoms with E-state index < -0.39 is 0 Å². The first-order chi connectivity index (χ1) is 9.40. The van der Waals surface area contributed by atoms with Crippen molar-refractivity contribution in [1.29, 1.82) is 0 Å². The fraction of sp³-hybridized carbons (Fsp3) is 0.800. The molecule has 1 heterocycles. The van der Waals surface area contributed by atoms with Crippen LogP contribution in [0.4, 0.5) is 0 Å². The van der Waals surface area contributed by atoms with Gasteiger partial charge in [0.1, 0.15) is 5.78 Å². The topological polar surface area (TPSA) is 54.5 Å². The zero-order valence-electron chi connectivity index (χ0n) is 11.9. The van der Waals surface area contributed by atoms with Gasteiger partial charge in [-0.05, 0) is 24.2 Å². The Morgan fingerprint density at radius 1 is 1.25 bits per heavy atom. The largest absolute Gasteiger partial charge is 0.299 e. The van der Waals surface area contributed by atoms with E-state index in [2.05, 4.69) is 22.9 Å². The summed E-state index contributed by atoms with van der Waals surface area (Å²) in [6, 6.07) is 0. The third-order valence-electron chi connectivity index (χ3n) is 5.45. The fourth-order valence-corrected chi connectivity index (χ4v) is 5.09. The Morgan fingerprint density at radius 2 is 1.95 bits per heavy atom. The highest BCUT2D eigenvalue weighted by Gasteiger charge is 2.66. The molecule has 2 amide bonds. The SMILES string of the molecule is CC1C[C@]2(C)CC(=O)[C@H]1C1C(=O)N(CCCBr)C(=O)C12. The molecule has 5 atom stereocenters. The first-order valence-electron chi connectivity index (χ1n) is 7.34. The van der Waals surface area contributed by atoms with Crippen molar-refractivity contribution in [2.45, 2.75) is 33.1 Å². The number of alkyl halides is 1. The number of likely N-dealkylation sites (tertiary alicyclic amines) is 1. The molecule has 4 rings (SSSR count). The highest BCUT2D eigenvalue weighted by atomic mass is 79.9. The molecule has 0 radical (unpaired) electrons. The molecule has 0 spiro atoms. The maximum absolute atomic E-state index is 12.6. The normalized spacial score (nSPS) is 43.4. The van der Waals surface area contributed by atoms with E-state index >= 15 is 0 Å². The standard InChI is InChI=1S/C15H20BrNO3/c1-8-6-15(2)7-9(18)10(8)11-12(15)14(20)17(13(11)19)5-3-4-16/h8,10-12H,3-7H2,1-2H3/t8?,10-,11?,12?,15+/m0/s1. The van der Waals surface area contributed by atoms with Crippen LogP contribution in [0.1, 0.15) is 33.1 Å². The summed E-state index contributed by atoms with van der Waals surface area (Å²) in [7, 11) is 0. The molecule has 1 saturated heterocycles. The quantitative estimate of drug-likeness (QED) is 0.582. The number of carbonyl (C=O) groups excluding carboxylic acids is 3. The second-order valence-corrected chi connectivity index (χ2v) is 7.67. The van der Waals surface area contributed by atoms with Crippen molar-refractivity contribution in [3.05, 3.63) is 0 Å². The van der Waals surface area contributed by atoms with Gasteiger partial charge in [0.2, 0.25) is 11.8 Å². The zero-order chi connectivity index (χ0) is 14.7. The van der Waals surface area contributed by atoms with Gasteiger partial charge in [-0.15, -0.1) is 0 Å². The summed E-state index contributed by atoms with van der Waals surface area (Å²) in [4.78, 5) is 39.0. The summed E-state index contributed by atoms with van der Waals surface area (Å²) in [5.41, 5.74) is -0.314. The number of amides is 2. The molecule has 3 unspecified atom stereocenters. The van der Waals surface area contributed by atoms with Crippen LogP contribution in [-0.4, -0.2) is 34.4 Å². The van der Waals surface area contributed by atoms with Crippen molar-refractivity contribution in [3.8, 4) is 0 Å². The Kier molecular flexibility index (Phi) is 3.31. The zero-order valence-corrected chi connectivity index (χ0v) is 13.5. The van der Waals surface area contributed by atoms with E-state index in [1.165, 1.54) is 4.90 Å². The summed E-state index contributed by atoms with van der Waals surface area (Å²) in [5, 5.41) is 0.773. The predicted molar refractivity (Wildman–Crippen MR) is 77.1 cm³/mol. The van der Waals surface area contributed by atoms with Gasteiger partial charge in [0, 0.05) is 24.2 Å². The molecule has 4 aliphatic rings. The van der Waals surface area contributed by atoms with Gasteiger partial charge in [0.25, 0.3) is 0 Å². The molecule has 2 bridgehead atoms. The second kappa shape index (κ2) is 4.65. The number of hydrogen-bond acceptors (Lipinski definition) is 3. The van der Waals surface area contributed by atoms with Crippen molar-refractivity contribution in [3.63, 3.8) is 0 Å². The molecule has 4 nitrogen and oxygen atoms in total. The van der Waals surface area contributed by atoms with Gasteiger partial charge < -0.3 is 0 Å². The van der Waals surface area contributed by atoms with E-state index in [0.29, 0.717) is 13.0 Å². The van der Waals surface area contributed by atoms with E-state index in [9.17, 15) is 14.4 Å². The van der Waals surface area contributed by atoms with Crippen LogP contribution < -0.4 is 0 Å². The number of hydrogen-bond donors (Lipinski definition) is 0. The average molecular weight is 342 g/mol. The van der Waals surface area contributed by atoms with Crippen LogP contribution in [0.3, 0.4) is 0 Å². The van der Waals surface area contributed by atoms with E-state index in [1.54, 1.807) is 0 Å². The Morgan fingerprint density at radius 3 is 2.55 bits per heavy atom. The summed E-state index contributed by atoms with van der Waals surface area (Å²) in [5.74, 6) is -0.597. The van der Waals surface area contributed by atoms with Gasteiger partial charge >= 0.3 is 0 Å². The van der Waals surface area contributed by atoms with Crippen LogP contribution in [0.25, 0.3) is 0 Å². The van der Waals surface area contributed by atoms with Crippen molar-refractivity contribution >= 4 is 33.5 Å². The molecule has 0 aromatic rings. The average Bonchev–Trinajstić information content (AvgIpc) is 2.60. The van der Waals surface area contributed by atoms with Crippen LogP contribution in [-0.2, 0) is 14.4 Å². The molecule has 5 heteroatoms. The van der Waals surface area contributed by atoms with Crippen LogP contribution in [0.2, 0.25) is 0 Å². The van der Waals surface area contributed by atoms with Gasteiger partial charge in [-0.2, -0.15) is 0 Å². The minimum absolute atomic E-state index is 0.0344. The minimum atomic E-state index is -0.382. The second-order valence-electron chi connectivity index (χ2n) is 6.88. The van der Waals surface area contributed by atoms with Crippen LogP contribution >= 0.6 is 15.9 Å². The van der Waals surface area contributed by atoms with Crippen molar-refractivity contribution in [2.75, 3.05) is 11.9 Å². The fourth-order valence-electron chi connectivity index (χ4n) is 4.84. The van der Waals surface area contributed by atoms with E-state index in [1.807, 2.05) is 6.92 Å². The lowest BCUT2D eigenvalue weighted by atomic mass is 9.48. The molecule has 0 N–H and O–H groups in total. The van der Waals surface area contributed by atoms with Gasteiger partial charge in [-0.1, -0.05) is 29.8 Å². The van der Waals surface area contributed by atoms with Crippen molar-refractivity contribution < 1.29 is 14.4 Å². The number of nitrogens with zero attached hydrogens (tertiary/aromatic N) is 1. The Hall–Kier alpha value is -0.710. The molecule has 20 heavy (non-hydrogen) atoms. The first-order valence-corrected chi connectivity index (χ1v) is 8.47. The molecule has 4 fully saturated rings. The van der Waals surface area contributed by atoms with Crippen molar-refractivity contribution in [2.24, 2.45) is 29.1 Å². The lowest BCUT2D eigenvalue weighted by Crippen LogP contribution is -2.56. The lowest BCUT2D eigenvalue weighted by molar-refractivity contribution is -0.157. The third-order valence-corrected chi connectivity index (χ3v) is 6.01. The molecule has 110 valence electrons. The van der Waals surface area contributed by atoms with Gasteiger partial charge in [-0.25, -0.2) is 0 Å². The molecular formula is C15H20BrNO3. The Labute approximate surface area is 127 Å².